The topological polar surface area (TPSA) is 26.0 Å². The molecule has 2 heterocycles. The number of pyridine rings is 1. The molecule has 0 radical (unpaired) electrons. The Balaban J connectivity index is 1.92. The van der Waals surface area contributed by atoms with Crippen LogP contribution in [0.1, 0.15) is 16.0 Å². The number of alkyl halides is 1. The Bertz CT molecular complexity index is 710. The lowest BCUT2D eigenvalue weighted by atomic mass is 10.0. The molecule has 0 aliphatic rings. The first-order valence-electron chi connectivity index (χ1n) is 5.94. The molecule has 0 N–H and O–H groups in total. The smallest absolute Gasteiger partial charge is 0.134 e. The first kappa shape index (κ1) is 12.7. The fourth-order valence-corrected chi connectivity index (χ4v) is 3.01. The van der Waals surface area contributed by atoms with Crippen LogP contribution in [0.3, 0.4) is 0 Å². The summed E-state index contributed by atoms with van der Waals surface area (Å²) < 4.78 is 5.56. The van der Waals surface area contributed by atoms with E-state index in [1.54, 1.807) is 18.7 Å². The third-order valence-corrected chi connectivity index (χ3v) is 4.26. The van der Waals surface area contributed by atoms with Gasteiger partial charge < -0.3 is 4.42 Å². The molecule has 0 bridgehead atoms. The summed E-state index contributed by atoms with van der Waals surface area (Å²) in [5.41, 5.74) is 3.12. The van der Waals surface area contributed by atoms with Crippen LogP contribution in [-0.2, 0) is 6.42 Å². The maximum Gasteiger partial charge on any atom is 0.134 e. The third-order valence-electron chi connectivity index (χ3n) is 3.10. The van der Waals surface area contributed by atoms with Gasteiger partial charge in [0.05, 0.1) is 11.3 Å². The van der Waals surface area contributed by atoms with E-state index in [0.717, 1.165) is 28.5 Å². The summed E-state index contributed by atoms with van der Waals surface area (Å²) in [4.78, 5) is 4.16. The lowest BCUT2D eigenvalue weighted by molar-refractivity contribution is 0.610. The van der Waals surface area contributed by atoms with E-state index >= 15 is 0 Å². The van der Waals surface area contributed by atoms with Crippen molar-refractivity contribution < 1.29 is 4.42 Å². The molecule has 0 amide bonds. The molecule has 19 heavy (non-hydrogen) atoms. The van der Waals surface area contributed by atoms with E-state index in [1.165, 1.54) is 0 Å². The van der Waals surface area contributed by atoms with Gasteiger partial charge in [0.2, 0.25) is 0 Å². The van der Waals surface area contributed by atoms with Crippen molar-refractivity contribution in [1.82, 2.24) is 4.98 Å². The Labute approximate surface area is 124 Å². The zero-order chi connectivity index (χ0) is 13.2. The van der Waals surface area contributed by atoms with Gasteiger partial charge in [-0.3, -0.25) is 4.98 Å². The number of nitrogens with zero attached hydrogens (tertiary/aromatic N) is 1. The zero-order valence-electron chi connectivity index (χ0n) is 10.0. The van der Waals surface area contributed by atoms with Gasteiger partial charge in [-0.15, -0.1) is 0 Å². The number of fused-ring (bicyclic) bond motifs is 1. The normalized spacial score (nSPS) is 12.7. The van der Waals surface area contributed by atoms with Crippen LogP contribution in [0.15, 0.2) is 53.4 Å². The molecule has 4 heteroatoms. The molecule has 3 aromatic rings. The number of halogens is 2. The predicted molar refractivity (Wildman–Crippen MR) is 80.8 cm³/mol. The van der Waals surface area contributed by atoms with Gasteiger partial charge in [0, 0.05) is 28.2 Å². The SMILES string of the molecule is Clc1cnccc1CC(Br)c1coc2ccccc12. The van der Waals surface area contributed by atoms with Crippen molar-refractivity contribution in [2.45, 2.75) is 11.2 Å². The van der Waals surface area contributed by atoms with E-state index < -0.39 is 0 Å². The van der Waals surface area contributed by atoms with Crippen LogP contribution < -0.4 is 0 Å². The van der Waals surface area contributed by atoms with E-state index in [-0.39, 0.29) is 4.83 Å². The number of rotatable bonds is 3. The summed E-state index contributed by atoms with van der Waals surface area (Å²) in [5.74, 6) is 0. The van der Waals surface area contributed by atoms with Crippen molar-refractivity contribution in [3.8, 4) is 0 Å². The predicted octanol–water partition coefficient (Wildman–Crippen LogP) is 5.16. The largest absolute Gasteiger partial charge is 0.464 e. The van der Waals surface area contributed by atoms with Crippen molar-refractivity contribution in [2.75, 3.05) is 0 Å². The second-order valence-electron chi connectivity index (χ2n) is 4.33. The van der Waals surface area contributed by atoms with Crippen LogP contribution in [-0.4, -0.2) is 4.98 Å². The minimum atomic E-state index is 0.163. The highest BCUT2D eigenvalue weighted by Crippen LogP contribution is 2.35. The number of hydrogen-bond donors (Lipinski definition) is 0. The van der Waals surface area contributed by atoms with Gasteiger partial charge in [-0.05, 0) is 24.1 Å². The molecule has 0 aliphatic heterocycles. The van der Waals surface area contributed by atoms with Gasteiger partial charge in [0.1, 0.15) is 5.58 Å². The van der Waals surface area contributed by atoms with Crippen LogP contribution in [0.2, 0.25) is 5.02 Å². The van der Waals surface area contributed by atoms with Gasteiger partial charge in [0.25, 0.3) is 0 Å². The molecule has 1 aromatic carbocycles. The quantitative estimate of drug-likeness (QED) is 0.617. The standard InChI is InChI=1S/C15H11BrClNO/c16-13(7-10-5-6-18-8-14(10)17)12-9-19-15-4-2-1-3-11(12)15/h1-6,8-9,13H,7H2. The van der Waals surface area contributed by atoms with Gasteiger partial charge in [0.15, 0.2) is 0 Å². The molecule has 96 valence electrons. The van der Waals surface area contributed by atoms with Crippen molar-refractivity contribution in [3.05, 3.63) is 65.1 Å². The van der Waals surface area contributed by atoms with Crippen molar-refractivity contribution >= 4 is 38.5 Å². The maximum absolute atomic E-state index is 6.14. The van der Waals surface area contributed by atoms with Crippen LogP contribution in [0.5, 0.6) is 0 Å². The van der Waals surface area contributed by atoms with Crippen LogP contribution in [0.25, 0.3) is 11.0 Å². The third kappa shape index (κ3) is 2.53. The van der Waals surface area contributed by atoms with Gasteiger partial charge in [-0.2, -0.15) is 0 Å². The summed E-state index contributed by atoms with van der Waals surface area (Å²) >= 11 is 9.86. The van der Waals surface area contributed by atoms with E-state index in [0.29, 0.717) is 5.02 Å². The number of aromatic nitrogens is 1. The van der Waals surface area contributed by atoms with Crippen LogP contribution in [0.4, 0.5) is 0 Å². The highest BCUT2D eigenvalue weighted by Gasteiger charge is 2.15. The average Bonchev–Trinajstić information content (AvgIpc) is 2.85. The Morgan fingerprint density at radius 1 is 1.26 bits per heavy atom. The van der Waals surface area contributed by atoms with Crippen molar-refractivity contribution in [2.24, 2.45) is 0 Å². The summed E-state index contributed by atoms with van der Waals surface area (Å²) in [7, 11) is 0. The maximum atomic E-state index is 6.14. The Morgan fingerprint density at radius 3 is 2.95 bits per heavy atom. The van der Waals surface area contributed by atoms with Crippen LogP contribution >= 0.6 is 27.5 Å². The molecular formula is C15H11BrClNO. The summed E-state index contributed by atoms with van der Waals surface area (Å²) in [6.07, 6.45) is 6.03. The summed E-state index contributed by atoms with van der Waals surface area (Å²) in [6.45, 7) is 0. The number of para-hydroxylation sites is 1. The van der Waals surface area contributed by atoms with E-state index in [4.69, 9.17) is 16.0 Å². The zero-order valence-corrected chi connectivity index (χ0v) is 12.4. The molecule has 2 aromatic heterocycles. The number of hydrogen-bond acceptors (Lipinski definition) is 2. The second-order valence-corrected chi connectivity index (χ2v) is 5.84. The van der Waals surface area contributed by atoms with Crippen molar-refractivity contribution in [3.63, 3.8) is 0 Å². The Morgan fingerprint density at radius 2 is 2.11 bits per heavy atom. The highest BCUT2D eigenvalue weighted by molar-refractivity contribution is 9.09. The summed E-state index contributed by atoms with van der Waals surface area (Å²) in [5, 5.41) is 1.83. The number of furan rings is 1. The Kier molecular flexibility index (Phi) is 3.58. The number of benzene rings is 1. The monoisotopic (exact) mass is 335 g/mol. The molecule has 1 unspecified atom stereocenters. The summed E-state index contributed by atoms with van der Waals surface area (Å²) in [6, 6.07) is 9.96. The minimum Gasteiger partial charge on any atom is -0.464 e. The molecule has 0 fully saturated rings. The fraction of sp³-hybridized carbons (Fsp3) is 0.133. The van der Waals surface area contributed by atoms with Gasteiger partial charge >= 0.3 is 0 Å². The van der Waals surface area contributed by atoms with Gasteiger partial charge in [-0.25, -0.2) is 0 Å². The van der Waals surface area contributed by atoms with E-state index in [9.17, 15) is 0 Å². The van der Waals surface area contributed by atoms with Crippen LogP contribution in [0, 0.1) is 0 Å². The fourth-order valence-electron chi connectivity index (χ4n) is 2.11. The molecule has 0 aliphatic carbocycles. The lowest BCUT2D eigenvalue weighted by Gasteiger charge is -2.09. The highest BCUT2D eigenvalue weighted by atomic mass is 79.9. The minimum absolute atomic E-state index is 0.163. The van der Waals surface area contributed by atoms with E-state index in [1.807, 2.05) is 24.3 Å². The molecule has 3 rings (SSSR count). The Hall–Kier alpha value is -1.32. The molecule has 1 atom stereocenters. The molecular weight excluding hydrogens is 326 g/mol. The molecule has 0 spiro atoms. The van der Waals surface area contributed by atoms with Gasteiger partial charge in [-0.1, -0.05) is 45.7 Å². The van der Waals surface area contributed by atoms with Crippen molar-refractivity contribution in [1.29, 1.82) is 0 Å². The average molecular weight is 337 g/mol. The van der Waals surface area contributed by atoms with E-state index in [2.05, 4.69) is 27.0 Å². The lowest BCUT2D eigenvalue weighted by Crippen LogP contribution is -1.95. The second kappa shape index (κ2) is 5.35. The molecule has 0 saturated heterocycles. The first-order chi connectivity index (χ1) is 9.25. The molecule has 0 saturated carbocycles. The molecule has 2 nitrogen and oxygen atoms in total. The first-order valence-corrected chi connectivity index (χ1v) is 7.23.